The van der Waals surface area contributed by atoms with Crippen LogP contribution in [0.15, 0.2) is 21.5 Å². The largest absolute Gasteiger partial charge is 0.478 e. The number of carboxylic acid groups (broad SMARTS) is 1. The smallest absolute Gasteiger partial charge is 0.338 e. The monoisotopic (exact) mass is 350 g/mol. The first kappa shape index (κ1) is 16.0. The van der Waals surface area contributed by atoms with E-state index in [2.05, 4.69) is 20.7 Å². The van der Waals surface area contributed by atoms with Crippen LogP contribution in [0.25, 0.3) is 0 Å². The number of methoxy groups -OCH3 is 1. The molecule has 0 heterocycles. The molecular formula is C12H12BrFO4S. The van der Waals surface area contributed by atoms with Gasteiger partial charge in [-0.3, -0.25) is 4.79 Å². The molecule has 0 bridgehead atoms. The summed E-state index contributed by atoms with van der Waals surface area (Å²) in [6.45, 7) is 1.81. The Labute approximate surface area is 122 Å². The Bertz CT molecular complexity index is 507. The van der Waals surface area contributed by atoms with Gasteiger partial charge in [0, 0.05) is 9.37 Å². The van der Waals surface area contributed by atoms with E-state index in [0.29, 0.717) is 15.8 Å². The standard InChI is InChI=1S/C12H12BrFO4S/c1-3-9(12(17)18-2)19-10-4-6(11(15)16)8(14)5-7(10)13/h4-5,9H,3H2,1-2H3,(H,15,16). The second kappa shape index (κ2) is 6.91. The molecule has 7 heteroatoms. The van der Waals surface area contributed by atoms with Crippen molar-refractivity contribution in [1.82, 2.24) is 0 Å². The molecule has 1 aromatic carbocycles. The molecule has 1 atom stereocenters. The van der Waals surface area contributed by atoms with Crippen LogP contribution in [0.1, 0.15) is 23.7 Å². The van der Waals surface area contributed by atoms with E-state index in [1.807, 2.05) is 6.92 Å². The minimum Gasteiger partial charge on any atom is -0.478 e. The number of benzene rings is 1. The first-order valence-corrected chi connectivity index (χ1v) is 7.04. The molecular weight excluding hydrogens is 339 g/mol. The predicted octanol–water partition coefficient (Wildman–Crippen LogP) is 3.33. The van der Waals surface area contributed by atoms with E-state index in [-0.39, 0.29) is 0 Å². The summed E-state index contributed by atoms with van der Waals surface area (Å²) in [5, 5.41) is 8.41. The van der Waals surface area contributed by atoms with Gasteiger partial charge < -0.3 is 9.84 Å². The van der Waals surface area contributed by atoms with Gasteiger partial charge in [0.2, 0.25) is 0 Å². The Balaban J connectivity index is 3.10. The fraction of sp³-hybridized carbons (Fsp3) is 0.333. The fourth-order valence-corrected chi connectivity index (χ4v) is 2.99. The maximum absolute atomic E-state index is 13.4. The normalized spacial score (nSPS) is 12.0. The lowest BCUT2D eigenvalue weighted by atomic mass is 10.2. The average molecular weight is 351 g/mol. The highest BCUT2D eigenvalue weighted by Crippen LogP contribution is 2.34. The summed E-state index contributed by atoms with van der Waals surface area (Å²) in [5.41, 5.74) is -0.426. The average Bonchev–Trinajstić information content (AvgIpc) is 2.36. The molecule has 104 valence electrons. The zero-order chi connectivity index (χ0) is 14.6. The van der Waals surface area contributed by atoms with Crippen molar-refractivity contribution in [3.05, 3.63) is 28.0 Å². The summed E-state index contributed by atoms with van der Waals surface area (Å²) in [7, 11) is 1.29. The summed E-state index contributed by atoms with van der Waals surface area (Å²) in [5.74, 6) is -2.58. The molecule has 0 radical (unpaired) electrons. The molecule has 1 N–H and O–H groups in total. The molecule has 0 saturated carbocycles. The van der Waals surface area contributed by atoms with E-state index in [0.717, 1.165) is 17.8 Å². The lowest BCUT2D eigenvalue weighted by Crippen LogP contribution is -2.17. The molecule has 1 rings (SSSR count). The van der Waals surface area contributed by atoms with Crippen LogP contribution in [0.3, 0.4) is 0 Å². The van der Waals surface area contributed by atoms with E-state index in [9.17, 15) is 14.0 Å². The number of aromatic carboxylic acids is 1. The summed E-state index contributed by atoms with van der Waals surface area (Å²) in [6, 6.07) is 2.29. The second-order valence-corrected chi connectivity index (χ2v) is 5.70. The van der Waals surface area contributed by atoms with Crippen molar-refractivity contribution < 1.29 is 23.8 Å². The van der Waals surface area contributed by atoms with Gasteiger partial charge in [-0.2, -0.15) is 0 Å². The Morgan fingerprint density at radius 3 is 2.63 bits per heavy atom. The number of carboxylic acids is 1. The molecule has 0 aromatic heterocycles. The van der Waals surface area contributed by atoms with E-state index in [1.165, 1.54) is 13.2 Å². The maximum atomic E-state index is 13.4. The number of halogens is 2. The summed E-state index contributed by atoms with van der Waals surface area (Å²) in [6.07, 6.45) is 0.517. The molecule has 19 heavy (non-hydrogen) atoms. The molecule has 1 aromatic rings. The van der Waals surface area contributed by atoms with Gasteiger partial charge in [-0.15, -0.1) is 11.8 Å². The van der Waals surface area contributed by atoms with Crippen molar-refractivity contribution in [1.29, 1.82) is 0 Å². The molecule has 0 aliphatic rings. The fourth-order valence-electron chi connectivity index (χ4n) is 1.37. The SMILES string of the molecule is CCC(Sc1cc(C(=O)O)c(F)cc1Br)C(=O)OC. The van der Waals surface area contributed by atoms with Gasteiger partial charge in [0.1, 0.15) is 11.1 Å². The lowest BCUT2D eigenvalue weighted by molar-refractivity contribution is -0.140. The topological polar surface area (TPSA) is 63.6 Å². The van der Waals surface area contributed by atoms with Gasteiger partial charge >= 0.3 is 11.9 Å². The van der Waals surface area contributed by atoms with Crippen LogP contribution < -0.4 is 0 Å². The van der Waals surface area contributed by atoms with Gasteiger partial charge in [0.05, 0.1) is 12.7 Å². The number of esters is 1. The number of hydrogen-bond acceptors (Lipinski definition) is 4. The third-order valence-corrected chi connectivity index (χ3v) is 4.68. The minimum absolute atomic E-state index is 0.402. The molecule has 1 unspecified atom stereocenters. The Kier molecular flexibility index (Phi) is 5.81. The molecule has 4 nitrogen and oxygen atoms in total. The highest BCUT2D eigenvalue weighted by molar-refractivity contribution is 9.10. The quantitative estimate of drug-likeness (QED) is 0.651. The van der Waals surface area contributed by atoms with Crippen molar-refractivity contribution in [2.24, 2.45) is 0 Å². The van der Waals surface area contributed by atoms with Crippen molar-refractivity contribution >= 4 is 39.6 Å². The van der Waals surface area contributed by atoms with Crippen molar-refractivity contribution in [2.75, 3.05) is 7.11 Å². The summed E-state index contributed by atoms with van der Waals surface area (Å²) >= 11 is 4.29. The van der Waals surface area contributed by atoms with Crippen LogP contribution in [0.4, 0.5) is 4.39 Å². The van der Waals surface area contributed by atoms with Crippen molar-refractivity contribution in [3.63, 3.8) is 0 Å². The lowest BCUT2D eigenvalue weighted by Gasteiger charge is -2.13. The zero-order valence-electron chi connectivity index (χ0n) is 10.3. The number of ether oxygens (including phenoxy) is 1. The van der Waals surface area contributed by atoms with Gasteiger partial charge in [0.15, 0.2) is 0 Å². The predicted molar refractivity (Wildman–Crippen MR) is 73.0 cm³/mol. The van der Waals surface area contributed by atoms with Gasteiger partial charge in [0.25, 0.3) is 0 Å². The summed E-state index contributed by atoms with van der Waals surface area (Å²) in [4.78, 5) is 22.9. The zero-order valence-corrected chi connectivity index (χ0v) is 12.7. The molecule has 0 spiro atoms. The third kappa shape index (κ3) is 3.94. The molecule has 0 saturated heterocycles. The van der Waals surface area contributed by atoms with Crippen LogP contribution in [0.2, 0.25) is 0 Å². The van der Waals surface area contributed by atoms with Crippen LogP contribution in [-0.2, 0) is 9.53 Å². The number of carbonyl (C=O) groups excluding carboxylic acids is 1. The van der Waals surface area contributed by atoms with Crippen LogP contribution >= 0.6 is 27.7 Å². The van der Waals surface area contributed by atoms with Crippen molar-refractivity contribution in [3.8, 4) is 0 Å². The molecule has 0 fully saturated rings. The van der Waals surface area contributed by atoms with Crippen LogP contribution in [0.5, 0.6) is 0 Å². The first-order chi connectivity index (χ1) is 8.90. The van der Waals surface area contributed by atoms with Crippen LogP contribution in [0, 0.1) is 5.82 Å². The van der Waals surface area contributed by atoms with Crippen molar-refractivity contribution in [2.45, 2.75) is 23.5 Å². The summed E-state index contributed by atoms with van der Waals surface area (Å²) < 4.78 is 18.5. The van der Waals surface area contributed by atoms with E-state index in [1.54, 1.807) is 0 Å². The Hall–Kier alpha value is -1.08. The first-order valence-electron chi connectivity index (χ1n) is 5.37. The van der Waals surface area contributed by atoms with Gasteiger partial charge in [-0.05, 0) is 34.5 Å². The molecule has 0 amide bonds. The minimum atomic E-state index is -1.35. The maximum Gasteiger partial charge on any atom is 0.338 e. The van der Waals surface area contributed by atoms with Gasteiger partial charge in [-0.1, -0.05) is 6.92 Å². The Morgan fingerprint density at radius 1 is 1.53 bits per heavy atom. The van der Waals surface area contributed by atoms with E-state index >= 15 is 0 Å². The Morgan fingerprint density at radius 2 is 2.16 bits per heavy atom. The van der Waals surface area contributed by atoms with Crippen LogP contribution in [-0.4, -0.2) is 29.4 Å². The number of thioether (sulfide) groups is 1. The third-order valence-electron chi connectivity index (χ3n) is 2.36. The van der Waals surface area contributed by atoms with E-state index in [4.69, 9.17) is 5.11 Å². The number of rotatable bonds is 5. The number of hydrogen-bond donors (Lipinski definition) is 1. The second-order valence-electron chi connectivity index (χ2n) is 3.61. The number of carbonyl (C=O) groups is 2. The van der Waals surface area contributed by atoms with Gasteiger partial charge in [-0.25, -0.2) is 9.18 Å². The van der Waals surface area contributed by atoms with E-state index < -0.39 is 28.6 Å². The molecule has 0 aliphatic carbocycles. The highest BCUT2D eigenvalue weighted by atomic mass is 79.9. The highest BCUT2D eigenvalue weighted by Gasteiger charge is 2.22. The molecule has 0 aliphatic heterocycles.